The Bertz CT molecular complexity index is 166. The molecule has 0 spiro atoms. The van der Waals surface area contributed by atoms with Gasteiger partial charge in [-0.25, -0.2) is 0 Å². The maximum absolute atomic E-state index is 9.98. The highest BCUT2D eigenvalue weighted by Gasteiger charge is 2.04. The third-order valence-corrected chi connectivity index (χ3v) is 1.87. The number of hydrogen-bond acceptors (Lipinski definition) is 5. The lowest BCUT2D eigenvalue weighted by Gasteiger charge is -2.10. The summed E-state index contributed by atoms with van der Waals surface area (Å²) in [5.74, 6) is -2.42. The first kappa shape index (κ1) is 23.2. The molecular weight excluding hydrogens is 216 g/mol. The fraction of sp³-hybridized carbons (Fsp3) is 0.600. The van der Waals surface area contributed by atoms with Gasteiger partial charge in [0.05, 0.1) is 17.8 Å². The van der Waals surface area contributed by atoms with Gasteiger partial charge in [-0.1, -0.05) is 0 Å². The Morgan fingerprint density at radius 1 is 1.43 bits per heavy atom. The van der Waals surface area contributed by atoms with Gasteiger partial charge in [0.2, 0.25) is 0 Å². The highest BCUT2D eigenvalue weighted by Crippen LogP contribution is 2.00. The first-order chi connectivity index (χ1) is 5.04. The summed E-state index contributed by atoms with van der Waals surface area (Å²) in [7, 11) is 0. The molecule has 0 radical (unpaired) electrons. The van der Waals surface area contributed by atoms with Crippen molar-refractivity contribution in [3.8, 4) is 0 Å². The summed E-state index contributed by atoms with van der Waals surface area (Å²) in [5, 5.41) is 18.1. The van der Waals surface area contributed by atoms with Crippen molar-refractivity contribution in [2.45, 2.75) is 6.04 Å². The van der Waals surface area contributed by atoms with E-state index in [2.05, 4.69) is 0 Å². The molecule has 9 heteroatoms. The normalized spacial score (nSPS) is 9.79. The molecule has 0 aromatic carbocycles. The second-order valence-electron chi connectivity index (χ2n) is 1.83. The van der Waals surface area contributed by atoms with Gasteiger partial charge in [-0.2, -0.15) is 0 Å². The van der Waals surface area contributed by atoms with Crippen molar-refractivity contribution in [1.29, 1.82) is 0 Å². The van der Waals surface area contributed by atoms with Crippen LogP contribution in [0.15, 0.2) is 0 Å². The van der Waals surface area contributed by atoms with Gasteiger partial charge in [0, 0.05) is 5.75 Å². The average Bonchev–Trinajstić information content (AvgIpc) is 1.86. The van der Waals surface area contributed by atoms with Gasteiger partial charge < -0.3 is 37.8 Å². The summed E-state index contributed by atoms with van der Waals surface area (Å²) >= 11 is 0.952. The second-order valence-corrected chi connectivity index (χ2v) is 2.86. The monoisotopic (exact) mass is 232 g/mol. The predicted octanol–water partition coefficient (Wildman–Crippen LogP) is -3.39. The van der Waals surface area contributed by atoms with Crippen molar-refractivity contribution in [2.24, 2.45) is 5.73 Å². The lowest BCUT2D eigenvalue weighted by molar-refractivity contribution is -0.306. The minimum Gasteiger partial charge on any atom is -0.548 e. The average molecular weight is 232 g/mol. The van der Waals surface area contributed by atoms with Crippen molar-refractivity contribution >= 4 is 23.7 Å². The maximum atomic E-state index is 9.98. The summed E-state index contributed by atoms with van der Waals surface area (Å²) in [5.41, 5.74) is 5.03. The number of carbonyl (C=O) groups is 2. The van der Waals surface area contributed by atoms with E-state index in [0.29, 0.717) is 0 Å². The van der Waals surface area contributed by atoms with Crippen LogP contribution in [-0.4, -0.2) is 45.5 Å². The summed E-state index contributed by atoms with van der Waals surface area (Å²) in [6.45, 7) is 0. The van der Waals surface area contributed by atoms with E-state index in [1.54, 1.807) is 0 Å². The molecule has 0 amide bonds. The molecule has 0 aliphatic carbocycles. The van der Waals surface area contributed by atoms with E-state index in [1.807, 2.05) is 0 Å². The number of rotatable bonds is 5. The smallest absolute Gasteiger partial charge is 0.313 e. The molecule has 0 aliphatic rings. The molecule has 0 aromatic heterocycles. The van der Waals surface area contributed by atoms with Crippen molar-refractivity contribution in [3.63, 3.8) is 0 Å². The molecule has 0 aliphatic heterocycles. The van der Waals surface area contributed by atoms with Crippen LogP contribution in [0.2, 0.25) is 0 Å². The zero-order chi connectivity index (χ0) is 8.85. The number of quaternary nitrogens is 1. The van der Waals surface area contributed by atoms with E-state index in [1.165, 1.54) is 0 Å². The standard InChI is InChI=1S/C5H9NO4S.H3N.2H2O/c6-3(5(9)10)1-11-2-4(7)8;;;/h3H,1-2,6H2,(H,7,8)(H,9,10);1H3;2*1H2/t3-;;;/m0.../s1. The number of aliphatic carboxylic acids is 2. The third-order valence-electron chi connectivity index (χ3n) is 0.826. The fourth-order valence-electron chi connectivity index (χ4n) is 0.341. The highest BCUT2D eigenvalue weighted by molar-refractivity contribution is 8.00. The van der Waals surface area contributed by atoms with Gasteiger partial charge in [-0.05, 0) is 0 Å². The highest BCUT2D eigenvalue weighted by atomic mass is 32.2. The molecular formula is C5H16N2O6S. The van der Waals surface area contributed by atoms with E-state index in [-0.39, 0.29) is 28.6 Å². The van der Waals surface area contributed by atoms with Crippen molar-refractivity contribution in [2.75, 3.05) is 11.5 Å². The number of carboxylic acids is 2. The molecule has 0 aromatic rings. The van der Waals surface area contributed by atoms with Crippen LogP contribution in [0.25, 0.3) is 0 Å². The lowest BCUT2D eigenvalue weighted by Crippen LogP contribution is -2.43. The molecule has 0 fully saturated rings. The van der Waals surface area contributed by atoms with Crippen LogP contribution in [0.5, 0.6) is 0 Å². The zero-order valence-corrected chi connectivity index (χ0v) is 8.47. The Morgan fingerprint density at radius 3 is 2.14 bits per heavy atom. The molecule has 8 nitrogen and oxygen atoms in total. The first-order valence-electron chi connectivity index (χ1n) is 2.80. The van der Waals surface area contributed by atoms with Gasteiger partial charge in [0.1, 0.15) is 0 Å². The van der Waals surface area contributed by atoms with E-state index in [9.17, 15) is 14.7 Å². The van der Waals surface area contributed by atoms with Gasteiger partial charge in [0.25, 0.3) is 0 Å². The number of nitrogens with two attached hydrogens (primary N) is 1. The van der Waals surface area contributed by atoms with Crippen LogP contribution >= 0.6 is 11.8 Å². The largest absolute Gasteiger partial charge is 0.548 e. The van der Waals surface area contributed by atoms with Crippen LogP contribution in [-0.2, 0) is 9.59 Å². The molecule has 0 saturated heterocycles. The Morgan fingerprint density at radius 2 is 1.86 bits per heavy atom. The maximum Gasteiger partial charge on any atom is 0.313 e. The SMILES string of the molecule is N[C@@H](CSCC(=O)O)C(=O)[O-].O.O.[NH4+]. The van der Waals surface area contributed by atoms with Crippen molar-refractivity contribution in [1.82, 2.24) is 6.15 Å². The minimum atomic E-state index is -1.36. The van der Waals surface area contributed by atoms with Gasteiger partial charge in [-0.15, -0.1) is 11.8 Å². The number of hydrogen-bond donors (Lipinski definition) is 3. The summed E-state index contributed by atoms with van der Waals surface area (Å²) in [6.07, 6.45) is 0. The number of carboxylic acid groups (broad SMARTS) is 2. The van der Waals surface area contributed by atoms with Crippen LogP contribution in [0.3, 0.4) is 0 Å². The summed E-state index contributed by atoms with van der Waals surface area (Å²) in [6, 6.07) is -1.08. The molecule has 0 heterocycles. The Hall–Kier alpha value is -0.870. The number of carbonyl (C=O) groups excluding carboxylic acids is 1. The van der Waals surface area contributed by atoms with Gasteiger partial charge in [0.15, 0.2) is 0 Å². The molecule has 0 unspecified atom stereocenters. The van der Waals surface area contributed by atoms with E-state index < -0.39 is 18.0 Å². The van der Waals surface area contributed by atoms with E-state index in [4.69, 9.17) is 10.8 Å². The first-order valence-corrected chi connectivity index (χ1v) is 3.95. The molecule has 88 valence electrons. The molecule has 0 rings (SSSR count). The number of thioether (sulfide) groups is 1. The third kappa shape index (κ3) is 13.7. The lowest BCUT2D eigenvalue weighted by atomic mass is 10.4. The van der Waals surface area contributed by atoms with Gasteiger partial charge in [-0.3, -0.25) is 4.79 Å². The Balaban J connectivity index is -0.000000167. The second kappa shape index (κ2) is 12.1. The fourth-order valence-corrected chi connectivity index (χ4v) is 1.02. The topological polar surface area (TPSA) is 203 Å². The summed E-state index contributed by atoms with van der Waals surface area (Å²) < 4.78 is 0. The minimum absolute atomic E-state index is 0. The van der Waals surface area contributed by atoms with Crippen LogP contribution in [0.1, 0.15) is 0 Å². The predicted molar refractivity (Wildman–Crippen MR) is 51.2 cm³/mol. The van der Waals surface area contributed by atoms with Crippen molar-refractivity contribution < 1.29 is 30.8 Å². The molecule has 0 bridgehead atoms. The van der Waals surface area contributed by atoms with E-state index >= 15 is 0 Å². The molecule has 1 atom stereocenters. The molecule has 0 saturated carbocycles. The summed E-state index contributed by atoms with van der Waals surface area (Å²) in [4.78, 5) is 19.9. The molecule has 14 heavy (non-hydrogen) atoms. The van der Waals surface area contributed by atoms with Crippen LogP contribution in [0, 0.1) is 0 Å². The Labute approximate surface area is 84.7 Å². The molecule has 11 N–H and O–H groups in total. The van der Waals surface area contributed by atoms with E-state index in [0.717, 1.165) is 11.8 Å². The van der Waals surface area contributed by atoms with Gasteiger partial charge >= 0.3 is 5.97 Å². The van der Waals surface area contributed by atoms with Crippen LogP contribution in [0.4, 0.5) is 0 Å². The quantitative estimate of drug-likeness (QED) is 0.440. The van der Waals surface area contributed by atoms with Crippen LogP contribution < -0.4 is 17.0 Å². The van der Waals surface area contributed by atoms with Crippen molar-refractivity contribution in [3.05, 3.63) is 0 Å². The zero-order valence-electron chi connectivity index (χ0n) is 7.65. The Kier molecular flexibility index (Phi) is 20.1.